The van der Waals surface area contributed by atoms with Gasteiger partial charge in [-0.05, 0) is 37.2 Å². The molecule has 8 heteroatoms. The Balaban J connectivity index is 1.38. The summed E-state index contributed by atoms with van der Waals surface area (Å²) >= 11 is 0. The van der Waals surface area contributed by atoms with Crippen LogP contribution in [0.4, 0.5) is 5.82 Å². The lowest BCUT2D eigenvalue weighted by atomic mass is 9.84. The van der Waals surface area contributed by atoms with E-state index >= 15 is 0 Å². The Kier molecular flexibility index (Phi) is 4.66. The zero-order valence-electron chi connectivity index (χ0n) is 17.1. The van der Waals surface area contributed by atoms with E-state index in [2.05, 4.69) is 25.2 Å². The molecule has 0 unspecified atom stereocenters. The van der Waals surface area contributed by atoms with Crippen LogP contribution in [0, 0.1) is 5.92 Å². The summed E-state index contributed by atoms with van der Waals surface area (Å²) < 4.78 is 1.73. The number of imidazole rings is 1. The van der Waals surface area contributed by atoms with E-state index < -0.39 is 5.60 Å². The molecular weight excluding hydrogens is 380 g/mol. The molecule has 2 N–H and O–H groups in total. The first-order chi connectivity index (χ1) is 14.5. The lowest BCUT2D eigenvalue weighted by Gasteiger charge is -2.39. The molecule has 30 heavy (non-hydrogen) atoms. The minimum absolute atomic E-state index is 0.176. The van der Waals surface area contributed by atoms with Crippen molar-refractivity contribution in [3.8, 4) is 0 Å². The third-order valence-electron chi connectivity index (χ3n) is 6.29. The van der Waals surface area contributed by atoms with Crippen LogP contribution in [0.3, 0.4) is 0 Å². The van der Waals surface area contributed by atoms with Gasteiger partial charge in [0, 0.05) is 26.7 Å². The number of rotatable bonds is 5. The number of amides is 1. The molecule has 1 aliphatic heterocycles. The first kappa shape index (κ1) is 19.0. The first-order valence-corrected chi connectivity index (χ1v) is 10.5. The molecule has 2 aromatic heterocycles. The summed E-state index contributed by atoms with van der Waals surface area (Å²) in [7, 11) is 1.81. The third kappa shape index (κ3) is 3.41. The highest BCUT2D eigenvalue weighted by Crippen LogP contribution is 2.35. The van der Waals surface area contributed by atoms with Crippen molar-refractivity contribution in [2.24, 2.45) is 13.0 Å². The third-order valence-corrected chi connectivity index (χ3v) is 6.29. The average Bonchev–Trinajstić information content (AvgIpc) is 3.55. The molecule has 1 saturated heterocycles. The Morgan fingerprint density at radius 2 is 1.93 bits per heavy atom. The van der Waals surface area contributed by atoms with Crippen molar-refractivity contribution in [3.05, 3.63) is 48.0 Å². The fourth-order valence-corrected chi connectivity index (χ4v) is 4.19. The van der Waals surface area contributed by atoms with E-state index in [0.717, 1.165) is 5.56 Å². The fourth-order valence-electron chi connectivity index (χ4n) is 4.19. The number of nitrogens with one attached hydrogen (secondary N) is 1. The number of aliphatic hydroxyl groups is 1. The number of hydrogen-bond acceptors (Lipinski definition) is 6. The minimum atomic E-state index is -0.831. The van der Waals surface area contributed by atoms with Crippen LogP contribution < -0.4 is 10.2 Å². The van der Waals surface area contributed by atoms with Crippen LogP contribution in [0.5, 0.6) is 0 Å². The summed E-state index contributed by atoms with van der Waals surface area (Å²) in [5, 5.41) is 14.1. The average molecular weight is 406 g/mol. The zero-order chi connectivity index (χ0) is 20.7. The van der Waals surface area contributed by atoms with Crippen LogP contribution in [-0.4, -0.2) is 50.2 Å². The molecule has 0 atom stereocenters. The molecule has 156 valence electrons. The quantitative estimate of drug-likeness (QED) is 0.673. The highest BCUT2D eigenvalue weighted by atomic mass is 16.3. The molecule has 2 aliphatic rings. The summed E-state index contributed by atoms with van der Waals surface area (Å²) in [5.74, 6) is 1.50. The van der Waals surface area contributed by atoms with Crippen molar-refractivity contribution in [2.75, 3.05) is 24.5 Å². The second-order valence-corrected chi connectivity index (χ2v) is 8.40. The Labute approximate surface area is 175 Å². The summed E-state index contributed by atoms with van der Waals surface area (Å²) in [5.41, 5.74) is 1.38. The highest BCUT2D eigenvalue weighted by Gasteiger charge is 2.35. The van der Waals surface area contributed by atoms with Crippen molar-refractivity contribution in [3.63, 3.8) is 0 Å². The van der Waals surface area contributed by atoms with E-state index in [-0.39, 0.29) is 5.91 Å². The minimum Gasteiger partial charge on any atom is -0.385 e. The van der Waals surface area contributed by atoms with Gasteiger partial charge < -0.3 is 19.9 Å². The Bertz CT molecular complexity index is 1070. The van der Waals surface area contributed by atoms with Crippen molar-refractivity contribution in [2.45, 2.75) is 31.3 Å². The predicted octanol–water partition coefficient (Wildman–Crippen LogP) is 1.99. The van der Waals surface area contributed by atoms with Crippen LogP contribution >= 0.6 is 0 Å². The van der Waals surface area contributed by atoms with E-state index in [1.807, 2.05) is 37.4 Å². The van der Waals surface area contributed by atoms with Crippen LogP contribution in [0.15, 0.2) is 36.7 Å². The molecule has 0 bridgehead atoms. The van der Waals surface area contributed by atoms with Crippen molar-refractivity contribution in [1.82, 2.24) is 24.8 Å². The lowest BCUT2D eigenvalue weighted by Crippen LogP contribution is -2.43. The van der Waals surface area contributed by atoms with Gasteiger partial charge in [-0.1, -0.05) is 30.3 Å². The number of hydrogen-bond donors (Lipinski definition) is 2. The van der Waals surface area contributed by atoms with E-state index in [1.165, 1.54) is 19.2 Å². The van der Waals surface area contributed by atoms with Crippen LogP contribution in [-0.2, 0) is 12.6 Å². The monoisotopic (exact) mass is 406 g/mol. The number of aryl methyl sites for hydroxylation is 1. The molecule has 1 saturated carbocycles. The molecule has 0 radical (unpaired) electrons. The molecule has 5 rings (SSSR count). The highest BCUT2D eigenvalue weighted by molar-refractivity contribution is 5.96. The van der Waals surface area contributed by atoms with Crippen LogP contribution in [0.25, 0.3) is 11.2 Å². The topological polar surface area (TPSA) is 96.2 Å². The number of carbonyl (C=O) groups excluding carboxylic acids is 1. The van der Waals surface area contributed by atoms with Gasteiger partial charge in [-0.3, -0.25) is 4.79 Å². The van der Waals surface area contributed by atoms with Gasteiger partial charge in [0.25, 0.3) is 5.91 Å². The van der Waals surface area contributed by atoms with Crippen LogP contribution in [0.1, 0.15) is 41.9 Å². The number of carbonyl (C=O) groups is 1. The molecule has 1 aliphatic carbocycles. The first-order valence-electron chi connectivity index (χ1n) is 10.5. The summed E-state index contributed by atoms with van der Waals surface area (Å²) in [6.45, 7) is 2.00. The Morgan fingerprint density at radius 1 is 1.20 bits per heavy atom. The van der Waals surface area contributed by atoms with Gasteiger partial charge in [-0.2, -0.15) is 0 Å². The lowest BCUT2D eigenvalue weighted by molar-refractivity contribution is 0.0117. The maximum Gasteiger partial charge on any atom is 0.287 e. The van der Waals surface area contributed by atoms with Crippen molar-refractivity contribution in [1.29, 1.82) is 0 Å². The molecule has 1 amide bonds. The SMILES string of the molecule is Cn1c(C(=O)NCC2CC2)nc2c(N3CCC(O)(c4ccccc4)CC3)ncnc21. The summed E-state index contributed by atoms with van der Waals surface area (Å²) in [6.07, 6.45) is 5.09. The predicted molar refractivity (Wildman–Crippen MR) is 113 cm³/mol. The number of nitrogens with zero attached hydrogens (tertiary/aromatic N) is 5. The van der Waals surface area contributed by atoms with Gasteiger partial charge in [-0.15, -0.1) is 0 Å². The van der Waals surface area contributed by atoms with Crippen LogP contribution in [0.2, 0.25) is 0 Å². The number of fused-ring (bicyclic) bond motifs is 1. The molecule has 1 aromatic carbocycles. The Morgan fingerprint density at radius 3 is 2.63 bits per heavy atom. The van der Waals surface area contributed by atoms with E-state index in [0.29, 0.717) is 61.2 Å². The maximum absolute atomic E-state index is 12.6. The van der Waals surface area contributed by atoms with Crippen molar-refractivity contribution >= 4 is 22.9 Å². The van der Waals surface area contributed by atoms with Gasteiger partial charge in [0.2, 0.25) is 5.82 Å². The second kappa shape index (κ2) is 7.36. The van der Waals surface area contributed by atoms with Gasteiger partial charge in [0.05, 0.1) is 5.60 Å². The van der Waals surface area contributed by atoms with Gasteiger partial charge in [0.15, 0.2) is 17.0 Å². The Hall–Kier alpha value is -3.00. The number of anilines is 1. The molecule has 0 spiro atoms. The second-order valence-electron chi connectivity index (χ2n) is 8.40. The molecule has 8 nitrogen and oxygen atoms in total. The van der Waals surface area contributed by atoms with Gasteiger partial charge in [-0.25, -0.2) is 15.0 Å². The molecular formula is C22H26N6O2. The maximum atomic E-state index is 12.6. The standard InChI is InChI=1S/C22H26N6O2/c1-27-18-17(26-20(27)21(29)23-13-15-7-8-15)19(25-14-24-18)28-11-9-22(30,10-12-28)16-5-3-2-4-6-16/h2-6,14-15,30H,7-13H2,1H3,(H,23,29). The van der Waals surface area contributed by atoms with Gasteiger partial charge in [0.1, 0.15) is 6.33 Å². The number of benzene rings is 1. The zero-order valence-corrected chi connectivity index (χ0v) is 17.1. The molecule has 2 fully saturated rings. The summed E-state index contributed by atoms with van der Waals surface area (Å²) in [4.78, 5) is 28.2. The fraction of sp³-hybridized carbons (Fsp3) is 0.455. The van der Waals surface area contributed by atoms with E-state index in [1.54, 1.807) is 4.57 Å². The normalized spacial score (nSPS) is 18.5. The van der Waals surface area contributed by atoms with E-state index in [9.17, 15) is 9.90 Å². The largest absolute Gasteiger partial charge is 0.385 e. The number of piperidine rings is 1. The smallest absolute Gasteiger partial charge is 0.287 e. The molecule has 3 aromatic rings. The van der Waals surface area contributed by atoms with Gasteiger partial charge >= 0.3 is 0 Å². The van der Waals surface area contributed by atoms with E-state index in [4.69, 9.17) is 0 Å². The van der Waals surface area contributed by atoms with Crippen molar-refractivity contribution < 1.29 is 9.90 Å². The summed E-state index contributed by atoms with van der Waals surface area (Å²) in [6, 6.07) is 9.82. The molecule has 3 heterocycles. The number of aromatic nitrogens is 4.